The highest BCUT2D eigenvalue weighted by Gasteiger charge is 2.23. The molecule has 10 heteroatoms. The maximum Gasteiger partial charge on any atom is 0.338 e. The lowest BCUT2D eigenvalue weighted by molar-refractivity contribution is -0.123. The molecule has 0 fully saturated rings. The number of carbonyl (C=O) groups excluding carboxylic acids is 3. The number of rotatable bonds is 9. The summed E-state index contributed by atoms with van der Waals surface area (Å²) in [6.45, 7) is 3.30. The fourth-order valence-electron chi connectivity index (χ4n) is 2.69. The number of hydrogen-bond donors (Lipinski definition) is 1. The third-order valence-electron chi connectivity index (χ3n) is 4.35. The molecule has 0 heterocycles. The topological polar surface area (TPSA) is 119 Å². The zero-order valence-electron chi connectivity index (χ0n) is 17.5. The molecule has 0 aliphatic rings. The monoisotopic (exact) mass is 448 g/mol. The highest BCUT2D eigenvalue weighted by molar-refractivity contribution is 7.89. The van der Waals surface area contributed by atoms with Gasteiger partial charge in [-0.2, -0.15) is 4.31 Å². The van der Waals surface area contributed by atoms with Gasteiger partial charge in [-0.15, -0.1) is 0 Å². The molecule has 0 aliphatic heterocycles. The molecular formula is C21H24N2O7S. The van der Waals surface area contributed by atoms with Crippen LogP contribution in [0.4, 0.5) is 0 Å². The zero-order chi connectivity index (χ0) is 23.0. The van der Waals surface area contributed by atoms with Crippen LogP contribution in [0, 0.1) is 0 Å². The van der Waals surface area contributed by atoms with E-state index in [0.717, 1.165) is 0 Å². The molecule has 0 saturated heterocycles. The van der Waals surface area contributed by atoms with Crippen molar-refractivity contribution >= 4 is 27.8 Å². The number of sulfonamides is 1. The Balaban J connectivity index is 1.99. The van der Waals surface area contributed by atoms with Crippen LogP contribution < -0.4 is 10.1 Å². The van der Waals surface area contributed by atoms with Gasteiger partial charge in [0.1, 0.15) is 5.75 Å². The van der Waals surface area contributed by atoms with Gasteiger partial charge in [0.2, 0.25) is 10.0 Å². The predicted molar refractivity (Wildman–Crippen MR) is 112 cm³/mol. The summed E-state index contributed by atoms with van der Waals surface area (Å²) in [5, 5.41) is 2.11. The smallest absolute Gasteiger partial charge is 0.338 e. The summed E-state index contributed by atoms with van der Waals surface area (Å²) in [6.07, 6.45) is 0. The Morgan fingerprint density at radius 3 is 2.19 bits per heavy atom. The molecule has 2 aromatic carbocycles. The second-order valence-electron chi connectivity index (χ2n) is 6.30. The average molecular weight is 448 g/mol. The molecule has 166 valence electrons. The third-order valence-corrected chi connectivity index (χ3v) is 6.40. The molecule has 0 spiro atoms. The fraction of sp³-hybridized carbons (Fsp3) is 0.286. The number of ether oxygens (including phenoxy) is 2. The summed E-state index contributed by atoms with van der Waals surface area (Å²) < 4.78 is 36.4. The highest BCUT2D eigenvalue weighted by atomic mass is 32.2. The number of amides is 2. The van der Waals surface area contributed by atoms with Gasteiger partial charge in [0, 0.05) is 18.7 Å². The van der Waals surface area contributed by atoms with E-state index >= 15 is 0 Å². The molecular weight excluding hydrogens is 424 g/mol. The SMILES string of the molecule is CCN(CC)S(=O)(=O)c1cccc(C(=O)OCC(=O)NC(=O)c2ccc(OC)cc2)c1. The van der Waals surface area contributed by atoms with E-state index in [0.29, 0.717) is 5.75 Å². The Kier molecular flexibility index (Phi) is 8.29. The van der Waals surface area contributed by atoms with Crippen LogP contribution in [0.15, 0.2) is 53.4 Å². The molecule has 0 radical (unpaired) electrons. The van der Waals surface area contributed by atoms with Gasteiger partial charge in [0.25, 0.3) is 11.8 Å². The maximum atomic E-state index is 12.6. The van der Waals surface area contributed by atoms with E-state index < -0.39 is 34.4 Å². The molecule has 2 aromatic rings. The molecule has 31 heavy (non-hydrogen) atoms. The lowest BCUT2D eigenvalue weighted by Crippen LogP contribution is -2.34. The number of imide groups is 1. The maximum absolute atomic E-state index is 12.6. The number of benzene rings is 2. The first-order chi connectivity index (χ1) is 14.7. The molecule has 0 atom stereocenters. The van der Waals surface area contributed by atoms with Gasteiger partial charge in [-0.25, -0.2) is 13.2 Å². The van der Waals surface area contributed by atoms with E-state index in [1.165, 1.54) is 47.8 Å². The number of hydrogen-bond acceptors (Lipinski definition) is 7. The third kappa shape index (κ3) is 6.12. The summed E-state index contributed by atoms with van der Waals surface area (Å²) in [7, 11) is -2.26. The van der Waals surface area contributed by atoms with E-state index in [1.807, 2.05) is 0 Å². The Hall–Kier alpha value is -3.24. The Bertz CT molecular complexity index is 1050. The molecule has 0 aliphatic carbocycles. The molecule has 0 saturated carbocycles. The highest BCUT2D eigenvalue weighted by Crippen LogP contribution is 2.17. The number of methoxy groups -OCH3 is 1. The second kappa shape index (κ2) is 10.7. The number of carbonyl (C=O) groups is 3. The minimum atomic E-state index is -3.75. The molecule has 1 N–H and O–H groups in total. The Morgan fingerprint density at radius 2 is 1.61 bits per heavy atom. The predicted octanol–water partition coefficient (Wildman–Crippen LogP) is 1.84. The molecule has 0 bridgehead atoms. The van der Waals surface area contributed by atoms with Gasteiger partial charge in [-0.05, 0) is 42.5 Å². The molecule has 9 nitrogen and oxygen atoms in total. The van der Waals surface area contributed by atoms with Gasteiger partial charge < -0.3 is 9.47 Å². The van der Waals surface area contributed by atoms with Crippen molar-refractivity contribution in [1.82, 2.24) is 9.62 Å². The minimum Gasteiger partial charge on any atom is -0.497 e. The van der Waals surface area contributed by atoms with Crippen LogP contribution in [0.1, 0.15) is 34.6 Å². The van der Waals surface area contributed by atoms with Gasteiger partial charge in [-0.1, -0.05) is 19.9 Å². The number of nitrogens with zero attached hydrogens (tertiary/aromatic N) is 1. The van der Waals surface area contributed by atoms with Crippen LogP contribution in [0.25, 0.3) is 0 Å². The van der Waals surface area contributed by atoms with Crippen LogP contribution >= 0.6 is 0 Å². The lowest BCUT2D eigenvalue weighted by atomic mass is 10.2. The second-order valence-corrected chi connectivity index (χ2v) is 8.24. The molecule has 0 unspecified atom stereocenters. The number of esters is 1. The average Bonchev–Trinajstić information content (AvgIpc) is 2.78. The standard InChI is InChI=1S/C21H24N2O7S/c1-4-23(5-2)31(27,28)18-8-6-7-16(13-18)21(26)30-14-19(24)22-20(25)15-9-11-17(29-3)12-10-15/h6-13H,4-5,14H2,1-3H3,(H,22,24,25). The van der Waals surface area contributed by atoms with Gasteiger partial charge >= 0.3 is 5.97 Å². The fourth-order valence-corrected chi connectivity index (χ4v) is 4.19. The van der Waals surface area contributed by atoms with Crippen LogP contribution in [0.5, 0.6) is 5.75 Å². The van der Waals surface area contributed by atoms with Gasteiger partial charge in [0.05, 0.1) is 17.6 Å². The molecule has 2 rings (SSSR count). The minimum absolute atomic E-state index is 0.0255. The molecule has 2 amide bonds. The largest absolute Gasteiger partial charge is 0.497 e. The van der Waals surface area contributed by atoms with Crippen molar-refractivity contribution in [2.24, 2.45) is 0 Å². The van der Waals surface area contributed by atoms with E-state index in [4.69, 9.17) is 9.47 Å². The quantitative estimate of drug-likeness (QED) is 0.581. The van der Waals surface area contributed by atoms with E-state index in [-0.39, 0.29) is 29.1 Å². The Labute approximate surface area is 181 Å². The molecule has 0 aromatic heterocycles. The van der Waals surface area contributed by atoms with Crippen LogP contribution in [0.3, 0.4) is 0 Å². The van der Waals surface area contributed by atoms with Crippen LogP contribution in [-0.4, -0.2) is 57.3 Å². The van der Waals surface area contributed by atoms with Crippen molar-refractivity contribution in [3.05, 3.63) is 59.7 Å². The van der Waals surface area contributed by atoms with Crippen molar-refractivity contribution in [2.45, 2.75) is 18.7 Å². The van der Waals surface area contributed by atoms with Crippen molar-refractivity contribution in [1.29, 1.82) is 0 Å². The summed E-state index contributed by atoms with van der Waals surface area (Å²) in [6, 6.07) is 11.5. The van der Waals surface area contributed by atoms with Crippen LogP contribution in [0.2, 0.25) is 0 Å². The van der Waals surface area contributed by atoms with E-state index in [9.17, 15) is 22.8 Å². The first-order valence-electron chi connectivity index (χ1n) is 9.48. The van der Waals surface area contributed by atoms with Gasteiger partial charge in [-0.3, -0.25) is 14.9 Å². The Morgan fingerprint density at radius 1 is 0.968 bits per heavy atom. The van der Waals surface area contributed by atoms with Crippen LogP contribution in [-0.2, 0) is 19.6 Å². The summed E-state index contributed by atoms with van der Waals surface area (Å²) in [4.78, 5) is 36.2. The number of nitrogens with one attached hydrogen (secondary N) is 1. The normalized spacial score (nSPS) is 11.1. The van der Waals surface area contributed by atoms with Crippen molar-refractivity contribution in [3.8, 4) is 5.75 Å². The summed E-state index contributed by atoms with van der Waals surface area (Å²) in [5.74, 6) is -1.80. The van der Waals surface area contributed by atoms with E-state index in [1.54, 1.807) is 26.0 Å². The van der Waals surface area contributed by atoms with Crippen molar-refractivity contribution < 1.29 is 32.3 Å². The lowest BCUT2D eigenvalue weighted by Gasteiger charge is -2.18. The first kappa shape index (κ1) is 24.0. The summed E-state index contributed by atoms with van der Waals surface area (Å²) >= 11 is 0. The van der Waals surface area contributed by atoms with Gasteiger partial charge in [0.15, 0.2) is 6.61 Å². The van der Waals surface area contributed by atoms with Crippen molar-refractivity contribution in [2.75, 3.05) is 26.8 Å². The van der Waals surface area contributed by atoms with E-state index in [2.05, 4.69) is 5.32 Å². The first-order valence-corrected chi connectivity index (χ1v) is 10.9. The zero-order valence-corrected chi connectivity index (χ0v) is 18.3. The van der Waals surface area contributed by atoms with Crippen molar-refractivity contribution in [3.63, 3.8) is 0 Å². The summed E-state index contributed by atoms with van der Waals surface area (Å²) in [5.41, 5.74) is 0.206.